The molecule has 4 heteroatoms. The number of carbonyl (C=O) groups excluding carboxylic acids is 1. The van der Waals surface area contributed by atoms with Crippen LogP contribution < -0.4 is 5.73 Å². The molecule has 0 radical (unpaired) electrons. The molecule has 4 nitrogen and oxygen atoms in total. The summed E-state index contributed by atoms with van der Waals surface area (Å²) < 4.78 is 0. The first-order chi connectivity index (χ1) is 8.75. The third kappa shape index (κ3) is 1.64. The van der Waals surface area contributed by atoms with E-state index in [1.54, 1.807) is 18.3 Å². The summed E-state index contributed by atoms with van der Waals surface area (Å²) in [7, 11) is 0. The maximum absolute atomic E-state index is 11.4. The minimum Gasteiger partial charge on any atom is -0.366 e. The highest BCUT2D eigenvalue weighted by molar-refractivity contribution is 6.00. The number of nitrogens with one attached hydrogen (secondary N) is 1. The van der Waals surface area contributed by atoms with E-state index in [-0.39, 0.29) is 0 Å². The molecule has 3 rings (SSSR count). The largest absolute Gasteiger partial charge is 0.366 e. The van der Waals surface area contributed by atoms with Gasteiger partial charge in [0.1, 0.15) is 0 Å². The van der Waals surface area contributed by atoms with Gasteiger partial charge in [0.15, 0.2) is 0 Å². The number of nitrogens with zero attached hydrogens (tertiary/aromatic N) is 1. The van der Waals surface area contributed by atoms with E-state index in [1.165, 1.54) is 0 Å². The molecule has 3 N–H and O–H groups in total. The molecule has 0 saturated carbocycles. The van der Waals surface area contributed by atoms with E-state index < -0.39 is 5.91 Å². The second-order valence-electron chi connectivity index (χ2n) is 4.04. The normalized spacial score (nSPS) is 10.7. The molecule has 0 aliphatic carbocycles. The Morgan fingerprint density at radius 3 is 2.89 bits per heavy atom. The van der Waals surface area contributed by atoms with Gasteiger partial charge in [-0.05, 0) is 18.2 Å². The number of nitrogens with two attached hydrogens (primary N) is 1. The van der Waals surface area contributed by atoms with E-state index in [9.17, 15) is 4.79 Å². The van der Waals surface area contributed by atoms with Crippen LogP contribution in [0.2, 0.25) is 0 Å². The van der Waals surface area contributed by atoms with Crippen molar-refractivity contribution in [3.05, 3.63) is 54.4 Å². The molecule has 18 heavy (non-hydrogen) atoms. The van der Waals surface area contributed by atoms with Gasteiger partial charge in [0.05, 0.1) is 5.69 Å². The average Bonchev–Trinajstić information content (AvgIpc) is 2.85. The molecule has 0 aliphatic rings. The third-order valence-corrected chi connectivity index (χ3v) is 2.90. The van der Waals surface area contributed by atoms with E-state index in [2.05, 4.69) is 9.97 Å². The number of primary amides is 1. The van der Waals surface area contributed by atoms with Crippen molar-refractivity contribution in [2.45, 2.75) is 0 Å². The average molecular weight is 237 g/mol. The summed E-state index contributed by atoms with van der Waals surface area (Å²) in [4.78, 5) is 18.9. The molecule has 88 valence electrons. The molecule has 0 fully saturated rings. The van der Waals surface area contributed by atoms with E-state index >= 15 is 0 Å². The second kappa shape index (κ2) is 4.00. The molecule has 0 aliphatic heterocycles. The van der Waals surface area contributed by atoms with E-state index in [1.807, 2.05) is 30.5 Å². The topological polar surface area (TPSA) is 71.8 Å². The first kappa shape index (κ1) is 10.5. The maximum Gasteiger partial charge on any atom is 0.249 e. The van der Waals surface area contributed by atoms with Crippen LogP contribution in [0.3, 0.4) is 0 Å². The smallest absolute Gasteiger partial charge is 0.249 e. The van der Waals surface area contributed by atoms with Crippen LogP contribution in [-0.2, 0) is 0 Å². The predicted octanol–water partition coefficient (Wildman–Crippen LogP) is 2.33. The van der Waals surface area contributed by atoms with Gasteiger partial charge in [-0.2, -0.15) is 0 Å². The molecule has 0 unspecified atom stereocenters. The van der Waals surface area contributed by atoms with Crippen molar-refractivity contribution in [1.82, 2.24) is 9.97 Å². The number of hydrogen-bond donors (Lipinski definition) is 2. The highest BCUT2D eigenvalue weighted by Gasteiger charge is 2.10. The zero-order valence-corrected chi connectivity index (χ0v) is 9.55. The molecule has 3 aromatic rings. The van der Waals surface area contributed by atoms with E-state index in [4.69, 9.17) is 5.73 Å². The van der Waals surface area contributed by atoms with Gasteiger partial charge in [-0.3, -0.25) is 9.78 Å². The molecule has 0 saturated heterocycles. The molecular weight excluding hydrogens is 226 g/mol. The molecule has 2 heterocycles. The standard InChI is InChI=1S/C14H11N3O/c15-14(18)11-4-2-1-3-10(11)13-7-12-9(8-17-13)5-6-16-12/h1-8,16H,(H2,15,18). The van der Waals surface area contributed by atoms with Gasteiger partial charge in [-0.25, -0.2) is 0 Å². The highest BCUT2D eigenvalue weighted by Crippen LogP contribution is 2.24. The lowest BCUT2D eigenvalue weighted by Gasteiger charge is -2.05. The SMILES string of the molecule is NC(=O)c1ccccc1-c1cc2[nH]ccc2cn1. The van der Waals surface area contributed by atoms with Gasteiger partial charge in [-0.1, -0.05) is 18.2 Å². The summed E-state index contributed by atoms with van der Waals surface area (Å²) >= 11 is 0. The molecular formula is C14H11N3O. The number of benzene rings is 1. The molecule has 0 spiro atoms. The highest BCUT2D eigenvalue weighted by atomic mass is 16.1. The lowest BCUT2D eigenvalue weighted by Crippen LogP contribution is -2.12. The number of amides is 1. The van der Waals surface area contributed by atoms with Crippen molar-refractivity contribution >= 4 is 16.8 Å². The number of hydrogen-bond acceptors (Lipinski definition) is 2. The Morgan fingerprint density at radius 2 is 2.06 bits per heavy atom. The Hall–Kier alpha value is -2.62. The number of H-pyrrole nitrogens is 1. The van der Waals surface area contributed by atoms with E-state index in [0.717, 1.165) is 22.2 Å². The monoisotopic (exact) mass is 237 g/mol. The number of fused-ring (bicyclic) bond motifs is 1. The van der Waals surface area contributed by atoms with Crippen molar-refractivity contribution in [2.75, 3.05) is 0 Å². The van der Waals surface area contributed by atoms with Gasteiger partial charge >= 0.3 is 0 Å². The summed E-state index contributed by atoms with van der Waals surface area (Å²) in [6.07, 6.45) is 3.63. The number of rotatable bonds is 2. The Bertz CT molecular complexity index is 730. The third-order valence-electron chi connectivity index (χ3n) is 2.90. The predicted molar refractivity (Wildman–Crippen MR) is 70.0 cm³/mol. The van der Waals surface area contributed by atoms with Gasteiger partial charge in [0.2, 0.25) is 5.91 Å². The molecule has 0 atom stereocenters. The minimum atomic E-state index is -0.445. The van der Waals surface area contributed by atoms with Crippen LogP contribution in [0.15, 0.2) is 48.8 Å². The Balaban J connectivity index is 2.22. The molecule has 1 aromatic carbocycles. The Labute approximate surface area is 103 Å². The van der Waals surface area contributed by atoms with Crippen LogP contribution in [0, 0.1) is 0 Å². The fourth-order valence-electron chi connectivity index (χ4n) is 2.01. The minimum absolute atomic E-state index is 0.445. The zero-order valence-electron chi connectivity index (χ0n) is 9.55. The van der Waals surface area contributed by atoms with Crippen molar-refractivity contribution in [2.24, 2.45) is 5.73 Å². The van der Waals surface area contributed by atoms with Gasteiger partial charge < -0.3 is 10.7 Å². The summed E-state index contributed by atoms with van der Waals surface area (Å²) in [6.45, 7) is 0. The van der Waals surface area contributed by atoms with Crippen molar-refractivity contribution in [3.8, 4) is 11.3 Å². The lowest BCUT2D eigenvalue weighted by molar-refractivity contribution is 0.100. The Morgan fingerprint density at radius 1 is 1.22 bits per heavy atom. The van der Waals surface area contributed by atoms with Crippen LogP contribution in [0.4, 0.5) is 0 Å². The first-order valence-electron chi connectivity index (χ1n) is 5.58. The van der Waals surface area contributed by atoms with Gasteiger partial charge in [-0.15, -0.1) is 0 Å². The first-order valence-corrected chi connectivity index (χ1v) is 5.58. The van der Waals surface area contributed by atoms with Crippen LogP contribution in [0.25, 0.3) is 22.2 Å². The van der Waals surface area contributed by atoms with Crippen molar-refractivity contribution in [1.29, 1.82) is 0 Å². The van der Waals surface area contributed by atoms with Crippen LogP contribution in [0.1, 0.15) is 10.4 Å². The summed E-state index contributed by atoms with van der Waals surface area (Å²) in [5.41, 5.74) is 8.32. The van der Waals surface area contributed by atoms with Crippen molar-refractivity contribution < 1.29 is 4.79 Å². The van der Waals surface area contributed by atoms with Crippen LogP contribution in [0.5, 0.6) is 0 Å². The quantitative estimate of drug-likeness (QED) is 0.718. The summed E-state index contributed by atoms with van der Waals surface area (Å²) in [5, 5.41) is 1.04. The maximum atomic E-state index is 11.4. The van der Waals surface area contributed by atoms with E-state index in [0.29, 0.717) is 5.56 Å². The Kier molecular flexibility index (Phi) is 2.34. The van der Waals surface area contributed by atoms with Gasteiger partial charge in [0.25, 0.3) is 0 Å². The van der Waals surface area contributed by atoms with Crippen LogP contribution in [-0.4, -0.2) is 15.9 Å². The summed E-state index contributed by atoms with van der Waals surface area (Å²) in [6, 6.07) is 11.1. The summed E-state index contributed by atoms with van der Waals surface area (Å²) in [5.74, 6) is -0.445. The molecule has 1 amide bonds. The second-order valence-corrected chi connectivity index (χ2v) is 4.04. The molecule has 2 aromatic heterocycles. The number of pyridine rings is 1. The number of carbonyl (C=O) groups is 1. The fraction of sp³-hybridized carbons (Fsp3) is 0. The number of aromatic nitrogens is 2. The van der Waals surface area contributed by atoms with Crippen LogP contribution >= 0.6 is 0 Å². The number of aromatic amines is 1. The van der Waals surface area contributed by atoms with Gasteiger partial charge in [0, 0.05) is 34.4 Å². The van der Waals surface area contributed by atoms with Crippen molar-refractivity contribution in [3.63, 3.8) is 0 Å². The zero-order chi connectivity index (χ0) is 12.5. The molecule has 0 bridgehead atoms. The lowest BCUT2D eigenvalue weighted by atomic mass is 10.0. The fourth-order valence-corrected chi connectivity index (χ4v) is 2.01.